The van der Waals surface area contributed by atoms with Crippen LogP contribution in [0.3, 0.4) is 0 Å². The van der Waals surface area contributed by atoms with Crippen LogP contribution in [0.2, 0.25) is 0 Å². The number of nitrogens with zero attached hydrogens (tertiary/aromatic N) is 2. The van der Waals surface area contributed by atoms with Crippen LogP contribution in [-0.2, 0) is 0 Å². The molecule has 0 aliphatic rings. The summed E-state index contributed by atoms with van der Waals surface area (Å²) in [5, 5.41) is 6.20. The third-order valence-corrected chi connectivity index (χ3v) is 4.09. The monoisotopic (exact) mass is 295 g/mol. The lowest BCUT2D eigenvalue weighted by Gasteiger charge is -2.08. The number of anilines is 2. The highest BCUT2D eigenvalue weighted by Crippen LogP contribution is 2.31. The van der Waals surface area contributed by atoms with Gasteiger partial charge in [-0.1, -0.05) is 23.8 Å². The molecule has 0 unspecified atom stereocenters. The molecule has 0 spiro atoms. The van der Waals surface area contributed by atoms with Gasteiger partial charge in [-0.25, -0.2) is 9.97 Å². The Bertz CT molecular complexity index is 740. The number of hydrogen-bond acceptors (Lipinski definition) is 4. The number of rotatable bonds is 3. The Balaban J connectivity index is 1.92. The summed E-state index contributed by atoms with van der Waals surface area (Å²) in [7, 11) is 0. The van der Waals surface area contributed by atoms with Crippen molar-refractivity contribution in [3.63, 3.8) is 0 Å². The van der Waals surface area contributed by atoms with Crippen LogP contribution in [0.5, 0.6) is 0 Å². The minimum atomic E-state index is 0.816. The van der Waals surface area contributed by atoms with Gasteiger partial charge in [0.15, 0.2) is 5.13 Å². The molecule has 0 aliphatic heterocycles. The fourth-order valence-corrected chi connectivity index (χ4v) is 3.28. The largest absolute Gasteiger partial charge is 0.316 e. The Labute approximate surface area is 128 Å². The molecule has 2 heterocycles. The fourth-order valence-electron chi connectivity index (χ4n) is 2.58. The Hall–Kier alpha value is -2.20. The van der Waals surface area contributed by atoms with Crippen LogP contribution in [0.4, 0.5) is 10.9 Å². The summed E-state index contributed by atoms with van der Waals surface area (Å²) in [5.41, 5.74) is 6.07. The lowest BCUT2D eigenvalue weighted by Crippen LogP contribution is -1.93. The molecule has 0 aliphatic carbocycles. The topological polar surface area (TPSA) is 37.8 Å². The number of aryl methyl sites for hydroxylation is 3. The highest BCUT2D eigenvalue weighted by molar-refractivity contribution is 7.14. The minimum absolute atomic E-state index is 0.816. The maximum absolute atomic E-state index is 4.69. The van der Waals surface area contributed by atoms with Gasteiger partial charge in [-0.15, -0.1) is 11.3 Å². The van der Waals surface area contributed by atoms with Crippen molar-refractivity contribution in [2.75, 3.05) is 5.32 Å². The number of nitrogens with one attached hydrogen (secondary N) is 1. The van der Waals surface area contributed by atoms with Gasteiger partial charge < -0.3 is 5.32 Å². The number of aromatic nitrogens is 2. The molecular formula is C17H17N3S. The van der Waals surface area contributed by atoms with E-state index in [4.69, 9.17) is 4.98 Å². The summed E-state index contributed by atoms with van der Waals surface area (Å²) in [5.74, 6) is 0.816. The van der Waals surface area contributed by atoms with Crippen LogP contribution in [0.15, 0.2) is 41.9 Å². The lowest BCUT2D eigenvalue weighted by atomic mass is 9.98. The van der Waals surface area contributed by atoms with Gasteiger partial charge in [0, 0.05) is 17.1 Å². The van der Waals surface area contributed by atoms with E-state index < -0.39 is 0 Å². The summed E-state index contributed by atoms with van der Waals surface area (Å²) in [6.07, 6.45) is 1.77. The normalized spacial score (nSPS) is 10.6. The van der Waals surface area contributed by atoms with Crippen molar-refractivity contribution < 1.29 is 0 Å². The molecule has 3 aromatic rings. The zero-order valence-corrected chi connectivity index (χ0v) is 13.2. The van der Waals surface area contributed by atoms with Gasteiger partial charge in [-0.05, 0) is 44.0 Å². The van der Waals surface area contributed by atoms with Gasteiger partial charge in [0.1, 0.15) is 5.82 Å². The van der Waals surface area contributed by atoms with Gasteiger partial charge in [-0.3, -0.25) is 0 Å². The average Bonchev–Trinajstić information content (AvgIpc) is 2.87. The quantitative estimate of drug-likeness (QED) is 0.748. The van der Waals surface area contributed by atoms with E-state index in [1.165, 1.54) is 22.3 Å². The predicted octanol–water partition coefficient (Wildman–Crippen LogP) is 4.87. The van der Waals surface area contributed by atoms with Crippen LogP contribution in [-0.4, -0.2) is 9.97 Å². The van der Waals surface area contributed by atoms with E-state index in [0.29, 0.717) is 0 Å². The number of hydrogen-bond donors (Lipinski definition) is 1. The molecule has 106 valence electrons. The molecule has 1 aromatic carbocycles. The van der Waals surface area contributed by atoms with Crippen molar-refractivity contribution in [1.82, 2.24) is 9.97 Å². The van der Waals surface area contributed by atoms with Gasteiger partial charge in [0.2, 0.25) is 0 Å². The van der Waals surface area contributed by atoms with Crippen LogP contribution in [0, 0.1) is 20.8 Å². The van der Waals surface area contributed by atoms with E-state index >= 15 is 0 Å². The van der Waals surface area contributed by atoms with E-state index in [9.17, 15) is 0 Å². The molecule has 0 radical (unpaired) electrons. The van der Waals surface area contributed by atoms with E-state index in [0.717, 1.165) is 16.6 Å². The van der Waals surface area contributed by atoms with Crippen LogP contribution in [0.1, 0.15) is 16.7 Å². The molecule has 1 N–H and O–H groups in total. The molecule has 0 saturated carbocycles. The van der Waals surface area contributed by atoms with Crippen molar-refractivity contribution in [1.29, 1.82) is 0 Å². The molecule has 0 atom stereocenters. The van der Waals surface area contributed by atoms with Gasteiger partial charge in [0.25, 0.3) is 0 Å². The fraction of sp³-hybridized carbons (Fsp3) is 0.176. The molecule has 0 saturated heterocycles. The summed E-state index contributed by atoms with van der Waals surface area (Å²) in [6.45, 7) is 6.40. The second-order valence-electron chi connectivity index (χ2n) is 5.15. The number of benzene rings is 1. The number of pyridine rings is 1. The third kappa shape index (κ3) is 2.95. The Morgan fingerprint density at radius 1 is 1.05 bits per heavy atom. The van der Waals surface area contributed by atoms with Crippen molar-refractivity contribution in [2.24, 2.45) is 0 Å². The minimum Gasteiger partial charge on any atom is -0.316 e. The standard InChI is InChI=1S/C17H17N3S/c1-11-8-12(2)16(13(3)9-11)14-10-21-17(19-14)20-15-6-4-5-7-18-15/h4-10H,1-3H3,(H,18,19,20). The Kier molecular flexibility index (Phi) is 3.71. The van der Waals surface area contributed by atoms with Gasteiger partial charge >= 0.3 is 0 Å². The first-order valence-corrected chi connectivity index (χ1v) is 7.73. The maximum Gasteiger partial charge on any atom is 0.188 e. The van der Waals surface area contributed by atoms with E-state index in [2.05, 4.69) is 48.6 Å². The number of thiazole rings is 1. The molecule has 4 heteroatoms. The Morgan fingerprint density at radius 3 is 2.48 bits per heavy atom. The summed E-state index contributed by atoms with van der Waals surface area (Å²) in [4.78, 5) is 8.95. The second kappa shape index (κ2) is 5.66. The lowest BCUT2D eigenvalue weighted by molar-refractivity contribution is 1.27. The predicted molar refractivity (Wildman–Crippen MR) is 89.3 cm³/mol. The third-order valence-electron chi connectivity index (χ3n) is 3.34. The summed E-state index contributed by atoms with van der Waals surface area (Å²) < 4.78 is 0. The van der Waals surface area contributed by atoms with Gasteiger partial charge in [0.05, 0.1) is 5.69 Å². The SMILES string of the molecule is Cc1cc(C)c(-c2csc(Nc3ccccn3)n2)c(C)c1. The van der Waals surface area contributed by atoms with Crippen LogP contribution >= 0.6 is 11.3 Å². The molecular weight excluding hydrogens is 278 g/mol. The molecule has 0 amide bonds. The average molecular weight is 295 g/mol. The first-order chi connectivity index (χ1) is 10.1. The maximum atomic E-state index is 4.69. The molecule has 0 fully saturated rings. The summed E-state index contributed by atoms with van der Waals surface area (Å²) >= 11 is 1.60. The van der Waals surface area contributed by atoms with E-state index in [-0.39, 0.29) is 0 Å². The molecule has 21 heavy (non-hydrogen) atoms. The second-order valence-corrected chi connectivity index (χ2v) is 6.01. The van der Waals surface area contributed by atoms with E-state index in [1.54, 1.807) is 17.5 Å². The smallest absolute Gasteiger partial charge is 0.188 e. The first-order valence-electron chi connectivity index (χ1n) is 6.85. The molecule has 0 bridgehead atoms. The highest BCUT2D eigenvalue weighted by atomic mass is 32.1. The Morgan fingerprint density at radius 2 is 1.81 bits per heavy atom. The summed E-state index contributed by atoms with van der Waals surface area (Å²) in [6, 6.07) is 10.2. The van der Waals surface area contributed by atoms with Crippen molar-refractivity contribution in [3.05, 3.63) is 58.6 Å². The first kappa shape index (κ1) is 13.8. The molecule has 3 rings (SSSR count). The molecule has 2 aromatic heterocycles. The van der Waals surface area contributed by atoms with Crippen LogP contribution in [0.25, 0.3) is 11.3 Å². The van der Waals surface area contributed by atoms with Crippen molar-refractivity contribution in [3.8, 4) is 11.3 Å². The van der Waals surface area contributed by atoms with E-state index in [1.807, 2.05) is 18.2 Å². The van der Waals surface area contributed by atoms with Crippen molar-refractivity contribution in [2.45, 2.75) is 20.8 Å². The molecule has 3 nitrogen and oxygen atoms in total. The zero-order chi connectivity index (χ0) is 14.8. The highest BCUT2D eigenvalue weighted by Gasteiger charge is 2.11. The van der Waals surface area contributed by atoms with Crippen LogP contribution < -0.4 is 5.32 Å². The van der Waals surface area contributed by atoms with Crippen molar-refractivity contribution >= 4 is 22.3 Å². The zero-order valence-electron chi connectivity index (χ0n) is 12.3. The van der Waals surface area contributed by atoms with Gasteiger partial charge in [-0.2, -0.15) is 0 Å².